The van der Waals surface area contributed by atoms with Gasteiger partial charge in [0.2, 0.25) is 0 Å². The average Bonchev–Trinajstić information content (AvgIpc) is 2.39. The van der Waals surface area contributed by atoms with E-state index in [-0.39, 0.29) is 0 Å². The summed E-state index contributed by atoms with van der Waals surface area (Å²) in [4.78, 5) is 0. The predicted molar refractivity (Wildman–Crippen MR) is 70.1 cm³/mol. The second-order valence-corrected chi connectivity index (χ2v) is 4.87. The highest BCUT2D eigenvalue weighted by Gasteiger charge is 2.22. The Morgan fingerprint density at radius 2 is 1.59 bits per heavy atom. The van der Waals surface area contributed by atoms with Crippen molar-refractivity contribution in [2.45, 2.75) is 44.9 Å². The SMILES string of the molecule is COc1c(C)ccc(C2CCCCC2)c1OC. The van der Waals surface area contributed by atoms with Crippen molar-refractivity contribution in [3.05, 3.63) is 23.3 Å². The van der Waals surface area contributed by atoms with E-state index >= 15 is 0 Å². The molecule has 0 radical (unpaired) electrons. The summed E-state index contributed by atoms with van der Waals surface area (Å²) in [5.41, 5.74) is 2.47. The minimum absolute atomic E-state index is 0.646. The van der Waals surface area contributed by atoms with E-state index in [9.17, 15) is 0 Å². The fourth-order valence-corrected chi connectivity index (χ4v) is 2.88. The zero-order valence-electron chi connectivity index (χ0n) is 11.1. The first-order valence-electron chi connectivity index (χ1n) is 6.49. The summed E-state index contributed by atoms with van der Waals surface area (Å²) in [6, 6.07) is 4.36. The van der Waals surface area contributed by atoms with Crippen LogP contribution in [0.4, 0.5) is 0 Å². The van der Waals surface area contributed by atoms with E-state index in [0.717, 1.165) is 17.1 Å². The minimum Gasteiger partial charge on any atom is -0.493 e. The Morgan fingerprint density at radius 3 is 2.18 bits per heavy atom. The molecule has 1 aromatic carbocycles. The minimum atomic E-state index is 0.646. The van der Waals surface area contributed by atoms with Crippen LogP contribution in [0.25, 0.3) is 0 Å². The van der Waals surface area contributed by atoms with Gasteiger partial charge in [0.1, 0.15) is 0 Å². The summed E-state index contributed by atoms with van der Waals surface area (Å²) < 4.78 is 11.0. The van der Waals surface area contributed by atoms with Crippen molar-refractivity contribution >= 4 is 0 Å². The number of rotatable bonds is 3. The third kappa shape index (κ3) is 2.41. The Balaban J connectivity index is 2.38. The molecule has 2 nitrogen and oxygen atoms in total. The highest BCUT2D eigenvalue weighted by molar-refractivity contribution is 5.52. The fraction of sp³-hybridized carbons (Fsp3) is 0.600. The molecule has 17 heavy (non-hydrogen) atoms. The molecule has 0 aliphatic heterocycles. The molecule has 0 aromatic heterocycles. The normalized spacial score (nSPS) is 16.9. The molecule has 0 N–H and O–H groups in total. The zero-order valence-corrected chi connectivity index (χ0v) is 11.1. The third-order valence-electron chi connectivity index (χ3n) is 3.79. The molecule has 0 spiro atoms. The maximum absolute atomic E-state index is 5.58. The molecule has 2 rings (SSSR count). The largest absolute Gasteiger partial charge is 0.493 e. The van der Waals surface area contributed by atoms with Gasteiger partial charge in [0.25, 0.3) is 0 Å². The van der Waals surface area contributed by atoms with Crippen LogP contribution in [0, 0.1) is 6.92 Å². The quantitative estimate of drug-likeness (QED) is 0.785. The van der Waals surface area contributed by atoms with E-state index in [1.54, 1.807) is 14.2 Å². The van der Waals surface area contributed by atoms with Crippen LogP contribution < -0.4 is 9.47 Å². The smallest absolute Gasteiger partial charge is 0.164 e. The molecule has 0 amide bonds. The van der Waals surface area contributed by atoms with Gasteiger partial charge in [0.15, 0.2) is 11.5 Å². The monoisotopic (exact) mass is 234 g/mol. The summed E-state index contributed by atoms with van der Waals surface area (Å²) in [5.74, 6) is 2.49. The molecule has 94 valence electrons. The van der Waals surface area contributed by atoms with Crippen LogP contribution in [-0.4, -0.2) is 14.2 Å². The van der Waals surface area contributed by atoms with Gasteiger partial charge in [-0.2, -0.15) is 0 Å². The number of aryl methyl sites for hydroxylation is 1. The van der Waals surface area contributed by atoms with Crippen molar-refractivity contribution < 1.29 is 9.47 Å². The molecule has 2 heteroatoms. The van der Waals surface area contributed by atoms with Crippen molar-refractivity contribution in [1.29, 1.82) is 0 Å². The second-order valence-electron chi connectivity index (χ2n) is 4.87. The standard InChI is InChI=1S/C15H22O2/c1-11-9-10-13(12-7-5-4-6-8-12)15(17-3)14(11)16-2/h9-10,12H,4-8H2,1-3H3. The van der Waals surface area contributed by atoms with Crippen LogP contribution in [0.3, 0.4) is 0 Å². The molecule has 1 aliphatic carbocycles. The van der Waals surface area contributed by atoms with Gasteiger partial charge in [-0.05, 0) is 31.2 Å². The molecule has 1 aromatic rings. The topological polar surface area (TPSA) is 18.5 Å². The van der Waals surface area contributed by atoms with Crippen molar-refractivity contribution in [3.63, 3.8) is 0 Å². The number of benzene rings is 1. The maximum Gasteiger partial charge on any atom is 0.164 e. The summed E-state index contributed by atoms with van der Waals surface area (Å²) in [6.45, 7) is 2.06. The average molecular weight is 234 g/mol. The highest BCUT2D eigenvalue weighted by atomic mass is 16.5. The summed E-state index contributed by atoms with van der Waals surface area (Å²) >= 11 is 0. The first-order valence-corrected chi connectivity index (χ1v) is 6.49. The van der Waals surface area contributed by atoms with Crippen molar-refractivity contribution in [2.75, 3.05) is 14.2 Å². The van der Waals surface area contributed by atoms with Gasteiger partial charge >= 0.3 is 0 Å². The van der Waals surface area contributed by atoms with Gasteiger partial charge in [0.05, 0.1) is 14.2 Å². The van der Waals surface area contributed by atoms with E-state index in [1.807, 2.05) is 0 Å². The number of hydrogen-bond donors (Lipinski definition) is 0. The lowest BCUT2D eigenvalue weighted by atomic mass is 9.83. The molecule has 0 bridgehead atoms. The lowest BCUT2D eigenvalue weighted by Crippen LogP contribution is -2.07. The molecule has 0 heterocycles. The van der Waals surface area contributed by atoms with E-state index in [2.05, 4.69) is 19.1 Å². The van der Waals surface area contributed by atoms with Gasteiger partial charge in [0, 0.05) is 5.56 Å². The molecular formula is C15H22O2. The van der Waals surface area contributed by atoms with Gasteiger partial charge in [-0.25, -0.2) is 0 Å². The zero-order chi connectivity index (χ0) is 12.3. The van der Waals surface area contributed by atoms with Crippen molar-refractivity contribution in [3.8, 4) is 11.5 Å². The number of methoxy groups -OCH3 is 2. The Labute approximate surface area is 104 Å². The van der Waals surface area contributed by atoms with Crippen molar-refractivity contribution in [1.82, 2.24) is 0 Å². The second kappa shape index (κ2) is 5.44. The molecule has 1 aliphatic rings. The fourth-order valence-electron chi connectivity index (χ4n) is 2.88. The maximum atomic E-state index is 5.58. The Kier molecular flexibility index (Phi) is 3.93. The molecular weight excluding hydrogens is 212 g/mol. The van der Waals surface area contributed by atoms with Crippen LogP contribution in [0.2, 0.25) is 0 Å². The summed E-state index contributed by atoms with van der Waals surface area (Å²) in [5, 5.41) is 0. The van der Waals surface area contributed by atoms with Crippen molar-refractivity contribution in [2.24, 2.45) is 0 Å². The van der Waals surface area contributed by atoms with Crippen LogP contribution in [-0.2, 0) is 0 Å². The van der Waals surface area contributed by atoms with E-state index < -0.39 is 0 Å². The van der Waals surface area contributed by atoms with Gasteiger partial charge in [-0.3, -0.25) is 0 Å². The van der Waals surface area contributed by atoms with Crippen LogP contribution in [0.1, 0.15) is 49.1 Å². The number of hydrogen-bond acceptors (Lipinski definition) is 2. The van der Waals surface area contributed by atoms with E-state index in [4.69, 9.17) is 9.47 Å². The number of ether oxygens (including phenoxy) is 2. The Hall–Kier alpha value is -1.18. The Bertz CT molecular complexity index is 379. The molecule has 0 saturated heterocycles. The van der Waals surface area contributed by atoms with Crippen LogP contribution in [0.5, 0.6) is 11.5 Å². The van der Waals surface area contributed by atoms with E-state index in [0.29, 0.717) is 5.92 Å². The van der Waals surface area contributed by atoms with Gasteiger partial charge < -0.3 is 9.47 Å². The first-order chi connectivity index (χ1) is 8.27. The third-order valence-corrected chi connectivity index (χ3v) is 3.79. The first kappa shape index (κ1) is 12.3. The lowest BCUT2D eigenvalue weighted by Gasteiger charge is -2.25. The molecule has 0 atom stereocenters. The summed E-state index contributed by atoms with van der Waals surface area (Å²) in [7, 11) is 3.46. The Morgan fingerprint density at radius 1 is 0.941 bits per heavy atom. The molecule has 0 unspecified atom stereocenters. The van der Waals surface area contributed by atoms with E-state index in [1.165, 1.54) is 37.7 Å². The summed E-state index contributed by atoms with van der Waals surface area (Å²) in [6.07, 6.45) is 6.61. The van der Waals surface area contributed by atoms with Gasteiger partial charge in [-0.1, -0.05) is 31.4 Å². The molecule has 1 saturated carbocycles. The van der Waals surface area contributed by atoms with Crippen LogP contribution in [0.15, 0.2) is 12.1 Å². The van der Waals surface area contributed by atoms with Gasteiger partial charge in [-0.15, -0.1) is 0 Å². The lowest BCUT2D eigenvalue weighted by molar-refractivity contribution is 0.341. The molecule has 1 fully saturated rings. The predicted octanol–water partition coefficient (Wildman–Crippen LogP) is 4.06. The van der Waals surface area contributed by atoms with Crippen LogP contribution >= 0.6 is 0 Å². The highest BCUT2D eigenvalue weighted by Crippen LogP contribution is 2.43.